The van der Waals surface area contributed by atoms with Gasteiger partial charge < -0.3 is 10.6 Å². The topological polar surface area (TPSA) is 73.8 Å². The number of rotatable bonds is 6. The number of hydrogen-bond donors (Lipinski definition) is 2. The zero-order chi connectivity index (χ0) is 20.9. The van der Waals surface area contributed by atoms with E-state index in [1.807, 2.05) is 0 Å². The maximum absolute atomic E-state index is 13.7. The van der Waals surface area contributed by atoms with E-state index >= 15 is 0 Å². The van der Waals surface area contributed by atoms with E-state index in [1.165, 1.54) is 11.3 Å². The van der Waals surface area contributed by atoms with Gasteiger partial charge in [-0.15, -0.1) is 11.3 Å². The first-order valence-corrected chi connectivity index (χ1v) is 11.6. The molecular weight excluding hydrogens is 418 g/mol. The van der Waals surface area contributed by atoms with Gasteiger partial charge in [-0.25, -0.2) is 17.2 Å². The molecule has 1 aromatic heterocycles. The number of piperidine rings is 1. The van der Waals surface area contributed by atoms with Crippen LogP contribution in [-0.2, 0) is 23.1 Å². The molecule has 1 saturated heterocycles. The Morgan fingerprint density at radius 2 is 1.83 bits per heavy atom. The summed E-state index contributed by atoms with van der Waals surface area (Å²) in [5.74, 6) is -0.602. The molecule has 1 aliphatic rings. The van der Waals surface area contributed by atoms with E-state index in [2.05, 4.69) is 15.6 Å². The molecule has 0 radical (unpaired) electrons. The Morgan fingerprint density at radius 3 is 2.55 bits per heavy atom. The Labute approximate surface area is 173 Å². The molecule has 3 rings (SSSR count). The third-order valence-corrected chi connectivity index (χ3v) is 8.11. The van der Waals surface area contributed by atoms with Crippen molar-refractivity contribution in [3.8, 4) is 0 Å². The summed E-state index contributed by atoms with van der Waals surface area (Å²) >= 11 is 1.22. The van der Waals surface area contributed by atoms with E-state index in [0.29, 0.717) is 29.8 Å². The lowest BCUT2D eigenvalue weighted by Crippen LogP contribution is -2.36. The van der Waals surface area contributed by atoms with Crippen LogP contribution in [0.2, 0.25) is 0 Å². The Kier molecular flexibility index (Phi) is 7.20. The maximum Gasteiger partial charge on any atom is 0.252 e. The molecule has 0 aliphatic carbocycles. The summed E-state index contributed by atoms with van der Waals surface area (Å²) in [5.41, 5.74) is 0.194. The predicted molar refractivity (Wildman–Crippen MR) is 110 cm³/mol. The lowest BCUT2D eigenvalue weighted by Gasteiger charge is -2.25. The molecule has 1 aliphatic heterocycles. The summed E-state index contributed by atoms with van der Waals surface area (Å²) < 4.78 is 54.3. The first-order valence-electron chi connectivity index (χ1n) is 9.37. The van der Waals surface area contributed by atoms with Gasteiger partial charge in [-0.2, -0.15) is 4.31 Å². The number of halogens is 2. The van der Waals surface area contributed by atoms with Crippen LogP contribution in [0.1, 0.15) is 29.7 Å². The van der Waals surface area contributed by atoms with Gasteiger partial charge in [0, 0.05) is 37.1 Å². The van der Waals surface area contributed by atoms with Crippen LogP contribution in [0.15, 0.2) is 39.5 Å². The van der Waals surface area contributed by atoms with Crippen LogP contribution in [0.4, 0.5) is 8.78 Å². The third-order valence-electron chi connectivity index (χ3n) is 4.65. The standard InChI is InChI=1S/C19H24F2N4O2S2/c1-22-19(23-12-14-11-15(20)5-7-17(14)21)24-13-16-6-8-18(28-16)29(26,27)25-9-3-2-4-10-25/h5-8,11H,2-4,9-10,12-13H2,1H3,(H2,22,23,24). The van der Waals surface area contributed by atoms with Crippen molar-refractivity contribution in [2.24, 2.45) is 4.99 Å². The van der Waals surface area contributed by atoms with Gasteiger partial charge in [-0.3, -0.25) is 4.99 Å². The number of thiophene rings is 1. The van der Waals surface area contributed by atoms with Crippen molar-refractivity contribution in [2.75, 3.05) is 20.1 Å². The van der Waals surface area contributed by atoms with Gasteiger partial charge in [-0.1, -0.05) is 6.42 Å². The highest BCUT2D eigenvalue weighted by molar-refractivity contribution is 7.91. The molecular formula is C19H24F2N4O2S2. The average molecular weight is 443 g/mol. The Balaban J connectivity index is 1.57. The van der Waals surface area contributed by atoms with E-state index in [-0.39, 0.29) is 12.1 Å². The highest BCUT2D eigenvalue weighted by atomic mass is 32.2. The Morgan fingerprint density at radius 1 is 1.10 bits per heavy atom. The summed E-state index contributed by atoms with van der Waals surface area (Å²) in [5, 5.41) is 5.98. The molecule has 0 saturated carbocycles. The van der Waals surface area contributed by atoms with Crippen molar-refractivity contribution in [3.05, 3.63) is 52.4 Å². The maximum atomic E-state index is 13.7. The minimum absolute atomic E-state index is 0.0717. The molecule has 0 unspecified atom stereocenters. The second-order valence-corrected chi connectivity index (χ2v) is 10.0. The fraction of sp³-hybridized carbons (Fsp3) is 0.421. The van der Waals surface area contributed by atoms with Gasteiger partial charge in [0.05, 0.1) is 6.54 Å². The van der Waals surface area contributed by atoms with Crippen LogP contribution in [0.5, 0.6) is 0 Å². The lowest BCUT2D eigenvalue weighted by atomic mass is 10.2. The first-order chi connectivity index (χ1) is 13.9. The number of aliphatic imine (C=N–C) groups is 1. The zero-order valence-electron chi connectivity index (χ0n) is 16.1. The first kappa shape index (κ1) is 21.7. The molecule has 29 heavy (non-hydrogen) atoms. The predicted octanol–water partition coefficient (Wildman–Crippen LogP) is 3.07. The van der Waals surface area contributed by atoms with E-state index < -0.39 is 21.7 Å². The quantitative estimate of drug-likeness (QED) is 0.533. The zero-order valence-corrected chi connectivity index (χ0v) is 17.8. The highest BCUT2D eigenvalue weighted by Crippen LogP contribution is 2.27. The lowest BCUT2D eigenvalue weighted by molar-refractivity contribution is 0.347. The summed E-state index contributed by atoms with van der Waals surface area (Å²) in [6.45, 7) is 1.58. The van der Waals surface area contributed by atoms with E-state index in [4.69, 9.17) is 0 Å². The van der Waals surface area contributed by atoms with Crippen molar-refractivity contribution in [2.45, 2.75) is 36.6 Å². The van der Waals surface area contributed by atoms with Gasteiger partial charge in [0.1, 0.15) is 15.8 Å². The normalized spacial score (nSPS) is 16.0. The molecule has 2 heterocycles. The molecule has 6 nitrogen and oxygen atoms in total. The smallest absolute Gasteiger partial charge is 0.252 e. The summed E-state index contributed by atoms with van der Waals surface area (Å²) in [7, 11) is -1.87. The van der Waals surface area contributed by atoms with Gasteiger partial charge in [0.2, 0.25) is 0 Å². The number of guanidine groups is 1. The number of hydrogen-bond acceptors (Lipinski definition) is 4. The van der Waals surface area contributed by atoms with Crippen LogP contribution < -0.4 is 10.6 Å². The second-order valence-electron chi connectivity index (χ2n) is 6.70. The molecule has 2 aromatic rings. The molecule has 0 atom stereocenters. The Bertz CT molecular complexity index is 970. The van der Waals surface area contributed by atoms with Crippen molar-refractivity contribution < 1.29 is 17.2 Å². The number of nitrogens with one attached hydrogen (secondary N) is 2. The number of nitrogens with zero attached hydrogens (tertiary/aromatic N) is 2. The van der Waals surface area contributed by atoms with Gasteiger partial charge >= 0.3 is 0 Å². The number of sulfonamides is 1. The largest absolute Gasteiger partial charge is 0.352 e. The van der Waals surface area contributed by atoms with E-state index in [9.17, 15) is 17.2 Å². The minimum atomic E-state index is -3.44. The molecule has 0 amide bonds. The van der Waals surface area contributed by atoms with Crippen molar-refractivity contribution in [1.29, 1.82) is 0 Å². The summed E-state index contributed by atoms with van der Waals surface area (Å²) in [6, 6.07) is 6.68. The molecule has 1 aromatic carbocycles. The SMILES string of the molecule is CN=C(NCc1ccc(S(=O)(=O)N2CCCCC2)s1)NCc1cc(F)ccc1F. The van der Waals surface area contributed by atoms with Gasteiger partial charge in [0.15, 0.2) is 5.96 Å². The van der Waals surface area contributed by atoms with E-state index in [0.717, 1.165) is 42.3 Å². The van der Waals surface area contributed by atoms with Gasteiger partial charge in [0.25, 0.3) is 10.0 Å². The molecule has 0 spiro atoms. The van der Waals surface area contributed by atoms with Crippen LogP contribution in [0.3, 0.4) is 0 Å². The average Bonchev–Trinajstić information content (AvgIpc) is 3.21. The van der Waals surface area contributed by atoms with Crippen LogP contribution in [0, 0.1) is 11.6 Å². The fourth-order valence-corrected chi connectivity index (χ4v) is 6.04. The van der Waals surface area contributed by atoms with Crippen molar-refractivity contribution in [1.82, 2.24) is 14.9 Å². The molecule has 2 N–H and O–H groups in total. The molecule has 1 fully saturated rings. The van der Waals surface area contributed by atoms with Crippen molar-refractivity contribution in [3.63, 3.8) is 0 Å². The molecule has 158 valence electrons. The van der Waals surface area contributed by atoms with Crippen LogP contribution in [-0.4, -0.2) is 38.8 Å². The number of benzene rings is 1. The summed E-state index contributed by atoms with van der Waals surface area (Å²) in [6.07, 6.45) is 2.86. The fourth-order valence-electron chi connectivity index (χ4n) is 3.07. The van der Waals surface area contributed by atoms with Crippen molar-refractivity contribution >= 4 is 27.3 Å². The monoisotopic (exact) mass is 442 g/mol. The van der Waals surface area contributed by atoms with Gasteiger partial charge in [-0.05, 0) is 43.2 Å². The second kappa shape index (κ2) is 9.64. The highest BCUT2D eigenvalue weighted by Gasteiger charge is 2.27. The minimum Gasteiger partial charge on any atom is -0.352 e. The molecule has 10 heteroatoms. The van der Waals surface area contributed by atoms with Crippen LogP contribution in [0.25, 0.3) is 0 Å². The van der Waals surface area contributed by atoms with E-state index in [1.54, 1.807) is 23.5 Å². The Hall–Kier alpha value is -2.04. The third kappa shape index (κ3) is 5.52. The summed E-state index contributed by atoms with van der Waals surface area (Å²) in [4.78, 5) is 4.89. The molecule has 0 bridgehead atoms. The van der Waals surface area contributed by atoms with Crippen LogP contribution >= 0.6 is 11.3 Å².